The molecule has 9 heteroatoms. The molecule has 192 valence electrons. The van der Waals surface area contributed by atoms with Crippen LogP contribution in [-0.2, 0) is 4.74 Å². The Hall–Kier alpha value is -3.69. The first-order chi connectivity index (χ1) is 17.7. The Labute approximate surface area is 221 Å². The van der Waals surface area contributed by atoms with Crippen LogP contribution in [0, 0.1) is 22.7 Å². The Balaban J connectivity index is 1.70. The fourth-order valence-corrected chi connectivity index (χ4v) is 5.32. The predicted octanol–water partition coefficient (Wildman–Crippen LogP) is 6.07. The van der Waals surface area contributed by atoms with Crippen LogP contribution < -0.4 is 10.1 Å². The largest absolute Gasteiger partial charge is 0.490 e. The van der Waals surface area contributed by atoms with Crippen molar-refractivity contribution in [3.05, 3.63) is 47.8 Å². The van der Waals surface area contributed by atoms with Gasteiger partial charge in [-0.15, -0.1) is 11.8 Å². The molecule has 3 aromatic rings. The van der Waals surface area contributed by atoms with Crippen molar-refractivity contribution in [1.29, 1.82) is 10.5 Å². The number of carbonyl (C=O) groups excluding carboxylic acids is 1. The van der Waals surface area contributed by atoms with Crippen molar-refractivity contribution >= 4 is 23.5 Å². The van der Waals surface area contributed by atoms with Crippen LogP contribution in [0.5, 0.6) is 5.75 Å². The van der Waals surface area contributed by atoms with Crippen molar-refractivity contribution in [2.45, 2.75) is 68.9 Å². The number of rotatable bonds is 6. The maximum atomic E-state index is 12.7. The Morgan fingerprint density at radius 2 is 1.95 bits per heavy atom. The van der Waals surface area contributed by atoms with Crippen LogP contribution in [0.1, 0.15) is 64.1 Å². The Kier molecular flexibility index (Phi) is 7.65. The number of hydrogen-bond acceptors (Lipinski definition) is 7. The predicted molar refractivity (Wildman–Crippen MR) is 143 cm³/mol. The number of amides is 1. The number of aromatic nitrogens is 2. The Morgan fingerprint density at radius 3 is 2.59 bits per heavy atom. The normalized spacial score (nSPS) is 15.0. The molecule has 0 unspecified atom stereocenters. The summed E-state index contributed by atoms with van der Waals surface area (Å²) in [7, 11) is 0. The summed E-state index contributed by atoms with van der Waals surface area (Å²) in [5, 5.41) is 22.7. The number of alkyl carbamates (subject to hydrolysis) is 1. The second-order valence-corrected chi connectivity index (χ2v) is 11.1. The lowest BCUT2D eigenvalue weighted by Crippen LogP contribution is -2.54. The van der Waals surface area contributed by atoms with E-state index in [1.807, 2.05) is 45.2 Å². The van der Waals surface area contributed by atoms with E-state index in [9.17, 15) is 15.3 Å². The van der Waals surface area contributed by atoms with E-state index in [1.54, 1.807) is 22.7 Å². The van der Waals surface area contributed by atoms with Crippen LogP contribution in [0.15, 0.2) is 41.4 Å². The third-order valence-corrected chi connectivity index (χ3v) is 7.18. The van der Waals surface area contributed by atoms with E-state index in [2.05, 4.69) is 22.4 Å². The van der Waals surface area contributed by atoms with Gasteiger partial charge in [0, 0.05) is 10.5 Å². The molecule has 0 spiro atoms. The number of benzene rings is 1. The van der Waals surface area contributed by atoms with Gasteiger partial charge in [0.15, 0.2) is 0 Å². The van der Waals surface area contributed by atoms with Gasteiger partial charge in [-0.05, 0) is 64.1 Å². The number of thioether (sulfide) groups is 1. The van der Waals surface area contributed by atoms with Crippen LogP contribution >= 0.6 is 11.8 Å². The average Bonchev–Trinajstić information content (AvgIpc) is 3.30. The van der Waals surface area contributed by atoms with Gasteiger partial charge in [-0.1, -0.05) is 25.3 Å². The van der Waals surface area contributed by atoms with Gasteiger partial charge in [0.25, 0.3) is 0 Å². The minimum atomic E-state index is -0.605. The van der Waals surface area contributed by atoms with Gasteiger partial charge in [0.2, 0.25) is 0 Å². The minimum Gasteiger partial charge on any atom is -0.490 e. The number of fused-ring (bicyclic) bond motifs is 1. The molecule has 0 saturated heterocycles. The van der Waals surface area contributed by atoms with Gasteiger partial charge in [-0.2, -0.15) is 10.5 Å². The van der Waals surface area contributed by atoms with Crippen molar-refractivity contribution in [2.75, 3.05) is 12.9 Å². The first-order valence-electron chi connectivity index (χ1n) is 12.3. The number of imidazole rings is 1. The minimum absolute atomic E-state index is 0.217. The zero-order valence-corrected chi connectivity index (χ0v) is 22.4. The van der Waals surface area contributed by atoms with E-state index < -0.39 is 17.2 Å². The van der Waals surface area contributed by atoms with Crippen LogP contribution in [0.4, 0.5) is 4.79 Å². The molecule has 1 amide bonds. The Bertz CT molecular complexity index is 1390. The topological polar surface area (TPSA) is 112 Å². The molecule has 8 nitrogen and oxygen atoms in total. The van der Waals surface area contributed by atoms with E-state index in [4.69, 9.17) is 9.47 Å². The standard InChI is InChI=1S/C28H31N5O3S/c1-27(2,3)36-26(34)32-28(11-6-5-7-12-28)18-35-23-13-19(14-24(37-4)21(23)16-30)22-17-31-25-10-8-9-20(15-29)33(22)25/h8-10,13-14,17H,5-7,11-12,18H2,1-4H3,(H,32,34). The van der Waals surface area contributed by atoms with Crippen LogP contribution in [-0.4, -0.2) is 39.5 Å². The molecule has 1 saturated carbocycles. The molecule has 2 aromatic heterocycles. The zero-order valence-electron chi connectivity index (χ0n) is 21.6. The lowest BCUT2D eigenvalue weighted by molar-refractivity contribution is 0.0364. The fourth-order valence-electron chi connectivity index (χ4n) is 4.72. The molecule has 0 radical (unpaired) electrons. The number of carbonyl (C=O) groups is 1. The highest BCUT2D eigenvalue weighted by atomic mass is 32.2. The number of pyridine rings is 1. The highest BCUT2D eigenvalue weighted by Crippen LogP contribution is 2.37. The van der Waals surface area contributed by atoms with E-state index in [-0.39, 0.29) is 6.61 Å². The third kappa shape index (κ3) is 5.84. The number of nitriles is 2. The maximum Gasteiger partial charge on any atom is 0.408 e. The van der Waals surface area contributed by atoms with Crippen molar-refractivity contribution in [3.63, 3.8) is 0 Å². The summed E-state index contributed by atoms with van der Waals surface area (Å²) in [5.74, 6) is 0.435. The van der Waals surface area contributed by atoms with E-state index in [0.717, 1.165) is 48.3 Å². The second-order valence-electron chi connectivity index (χ2n) is 10.3. The summed E-state index contributed by atoms with van der Waals surface area (Å²) in [6.07, 6.45) is 7.74. The van der Waals surface area contributed by atoms with Crippen molar-refractivity contribution in [2.24, 2.45) is 0 Å². The van der Waals surface area contributed by atoms with Gasteiger partial charge in [0.05, 0.1) is 17.4 Å². The highest BCUT2D eigenvalue weighted by Gasteiger charge is 2.36. The molecule has 4 rings (SSSR count). The molecule has 1 N–H and O–H groups in total. The van der Waals surface area contributed by atoms with Crippen LogP contribution in [0.3, 0.4) is 0 Å². The maximum absolute atomic E-state index is 12.7. The molecule has 1 aliphatic carbocycles. The SMILES string of the molecule is CSc1cc(-c2cnc3cccc(C#N)n23)cc(OCC2(NC(=O)OC(C)(C)C)CCCCC2)c1C#N. The highest BCUT2D eigenvalue weighted by molar-refractivity contribution is 7.98. The molecule has 2 heterocycles. The molecule has 1 fully saturated rings. The number of nitrogens with one attached hydrogen (secondary N) is 1. The number of ether oxygens (including phenoxy) is 2. The van der Waals surface area contributed by atoms with Crippen molar-refractivity contribution < 1.29 is 14.3 Å². The fraction of sp³-hybridized carbons (Fsp3) is 0.429. The van der Waals surface area contributed by atoms with E-state index >= 15 is 0 Å². The smallest absolute Gasteiger partial charge is 0.408 e. The van der Waals surface area contributed by atoms with Crippen LogP contribution in [0.2, 0.25) is 0 Å². The summed E-state index contributed by atoms with van der Waals surface area (Å²) in [4.78, 5) is 17.9. The average molecular weight is 518 g/mol. The number of nitrogens with zero attached hydrogens (tertiary/aromatic N) is 4. The summed E-state index contributed by atoms with van der Waals surface area (Å²) in [6, 6.07) is 13.6. The summed E-state index contributed by atoms with van der Waals surface area (Å²) in [6.45, 7) is 5.73. The van der Waals surface area contributed by atoms with Gasteiger partial charge in [-0.25, -0.2) is 9.78 Å². The van der Waals surface area contributed by atoms with Crippen molar-refractivity contribution in [1.82, 2.24) is 14.7 Å². The first-order valence-corrected chi connectivity index (χ1v) is 13.5. The second kappa shape index (κ2) is 10.7. The monoisotopic (exact) mass is 517 g/mol. The molecular formula is C28H31N5O3S. The van der Waals surface area contributed by atoms with Crippen molar-refractivity contribution in [3.8, 4) is 29.1 Å². The summed E-state index contributed by atoms with van der Waals surface area (Å²) < 4.78 is 13.7. The Morgan fingerprint density at radius 1 is 1.19 bits per heavy atom. The summed E-state index contributed by atoms with van der Waals surface area (Å²) in [5.41, 5.74) is 1.89. The molecule has 0 bridgehead atoms. The molecule has 0 aliphatic heterocycles. The first kappa shape index (κ1) is 26.4. The third-order valence-electron chi connectivity index (χ3n) is 6.42. The van der Waals surface area contributed by atoms with Crippen LogP contribution in [0.25, 0.3) is 16.9 Å². The molecule has 1 aromatic carbocycles. The number of hydrogen-bond donors (Lipinski definition) is 1. The van der Waals surface area contributed by atoms with Gasteiger partial charge in [-0.3, -0.25) is 4.40 Å². The molecular weight excluding hydrogens is 486 g/mol. The van der Waals surface area contributed by atoms with Gasteiger partial charge in [0.1, 0.15) is 47.0 Å². The zero-order chi connectivity index (χ0) is 26.6. The molecule has 1 aliphatic rings. The van der Waals surface area contributed by atoms with E-state index in [0.29, 0.717) is 22.7 Å². The van der Waals surface area contributed by atoms with E-state index in [1.165, 1.54) is 11.8 Å². The summed E-state index contributed by atoms with van der Waals surface area (Å²) >= 11 is 1.45. The van der Waals surface area contributed by atoms with Gasteiger partial charge >= 0.3 is 6.09 Å². The lowest BCUT2D eigenvalue weighted by atomic mass is 9.82. The lowest BCUT2D eigenvalue weighted by Gasteiger charge is -2.38. The molecule has 0 atom stereocenters. The van der Waals surface area contributed by atoms with Gasteiger partial charge < -0.3 is 14.8 Å². The quantitative estimate of drug-likeness (QED) is 0.395. The molecule has 37 heavy (non-hydrogen) atoms.